The van der Waals surface area contributed by atoms with Crippen LogP contribution in [0.2, 0.25) is 0 Å². The summed E-state index contributed by atoms with van der Waals surface area (Å²) in [5, 5.41) is 2.81. The van der Waals surface area contributed by atoms with E-state index in [4.69, 9.17) is 0 Å². The van der Waals surface area contributed by atoms with Crippen LogP contribution in [-0.4, -0.2) is 53.9 Å². The Morgan fingerprint density at radius 2 is 1.91 bits per heavy atom. The van der Waals surface area contributed by atoms with Gasteiger partial charge in [-0.2, -0.15) is 0 Å². The summed E-state index contributed by atoms with van der Waals surface area (Å²) in [6, 6.07) is 6.33. The quantitative estimate of drug-likeness (QED) is 0.855. The van der Waals surface area contributed by atoms with Gasteiger partial charge in [-0.25, -0.2) is 4.98 Å². The van der Waals surface area contributed by atoms with Gasteiger partial charge in [-0.1, -0.05) is 23.8 Å². The predicted molar refractivity (Wildman–Crippen MR) is 90.4 cm³/mol. The largest absolute Gasteiger partial charge is 0.335 e. The lowest BCUT2D eigenvalue weighted by Crippen LogP contribution is -2.47. The zero-order valence-corrected chi connectivity index (χ0v) is 14.1. The fraction of sp³-hybridized carbons (Fsp3) is 0.412. The molecule has 2 aromatic rings. The van der Waals surface area contributed by atoms with Crippen LogP contribution in [0.1, 0.15) is 21.6 Å². The van der Waals surface area contributed by atoms with Crippen molar-refractivity contribution in [1.82, 2.24) is 14.8 Å². The van der Waals surface area contributed by atoms with E-state index in [2.05, 4.69) is 49.0 Å². The molecule has 0 aliphatic carbocycles. The standard InChI is InChI=1S/C17H21N3OS/c1-12-4-5-14(13(2)10-12)16-18-15(11-22-16)17(21)20-8-6-19(3)7-9-20/h4-5,10-11H,6-9H2,1-3H3. The van der Waals surface area contributed by atoms with Crippen LogP contribution in [0.4, 0.5) is 0 Å². The van der Waals surface area contributed by atoms with Crippen LogP contribution >= 0.6 is 11.3 Å². The molecule has 0 bridgehead atoms. The molecule has 5 heteroatoms. The molecule has 0 unspecified atom stereocenters. The molecule has 1 aromatic carbocycles. The summed E-state index contributed by atoms with van der Waals surface area (Å²) >= 11 is 1.55. The van der Waals surface area contributed by atoms with Crippen molar-refractivity contribution in [2.24, 2.45) is 0 Å². The van der Waals surface area contributed by atoms with Gasteiger partial charge in [0.15, 0.2) is 0 Å². The molecule has 1 fully saturated rings. The Morgan fingerprint density at radius 3 is 2.59 bits per heavy atom. The van der Waals surface area contributed by atoms with Crippen molar-refractivity contribution >= 4 is 17.2 Å². The minimum absolute atomic E-state index is 0.0559. The Balaban J connectivity index is 1.80. The molecule has 22 heavy (non-hydrogen) atoms. The van der Waals surface area contributed by atoms with Gasteiger partial charge in [-0.3, -0.25) is 4.79 Å². The molecule has 1 amide bonds. The van der Waals surface area contributed by atoms with E-state index in [1.54, 1.807) is 11.3 Å². The number of rotatable bonds is 2. The first-order valence-electron chi connectivity index (χ1n) is 7.55. The van der Waals surface area contributed by atoms with E-state index >= 15 is 0 Å². The number of thiazole rings is 1. The maximum Gasteiger partial charge on any atom is 0.273 e. The summed E-state index contributed by atoms with van der Waals surface area (Å²) in [6.45, 7) is 7.60. The minimum Gasteiger partial charge on any atom is -0.335 e. The molecule has 1 aliphatic heterocycles. The zero-order valence-electron chi connectivity index (χ0n) is 13.3. The SMILES string of the molecule is Cc1ccc(-c2nc(C(=O)N3CCN(C)CC3)cs2)c(C)c1. The Labute approximate surface area is 135 Å². The van der Waals surface area contributed by atoms with Crippen LogP contribution in [0.5, 0.6) is 0 Å². The van der Waals surface area contributed by atoms with Crippen molar-refractivity contribution in [3.05, 3.63) is 40.4 Å². The second kappa shape index (κ2) is 6.18. The summed E-state index contributed by atoms with van der Waals surface area (Å²) in [5.74, 6) is 0.0559. The van der Waals surface area contributed by atoms with Gasteiger partial charge in [0.25, 0.3) is 5.91 Å². The number of hydrogen-bond acceptors (Lipinski definition) is 4. The highest BCUT2D eigenvalue weighted by atomic mass is 32.1. The van der Waals surface area contributed by atoms with Crippen LogP contribution in [0, 0.1) is 13.8 Å². The maximum absolute atomic E-state index is 12.5. The number of likely N-dealkylation sites (N-methyl/N-ethyl adjacent to an activating group) is 1. The third-order valence-corrected chi connectivity index (χ3v) is 5.00. The first-order valence-corrected chi connectivity index (χ1v) is 8.43. The Bertz CT molecular complexity index is 687. The topological polar surface area (TPSA) is 36.4 Å². The number of hydrogen-bond donors (Lipinski definition) is 0. The molecule has 4 nitrogen and oxygen atoms in total. The average molecular weight is 315 g/mol. The van der Waals surface area contributed by atoms with Gasteiger partial charge < -0.3 is 9.80 Å². The fourth-order valence-electron chi connectivity index (χ4n) is 2.72. The molecule has 116 valence electrons. The Hall–Kier alpha value is -1.72. The average Bonchev–Trinajstić information content (AvgIpc) is 2.97. The van der Waals surface area contributed by atoms with Crippen molar-refractivity contribution in [3.63, 3.8) is 0 Å². The first kappa shape index (κ1) is 15.2. The van der Waals surface area contributed by atoms with Crippen molar-refractivity contribution in [1.29, 1.82) is 0 Å². The van der Waals surface area contributed by atoms with E-state index in [1.165, 1.54) is 11.1 Å². The molecular weight excluding hydrogens is 294 g/mol. The molecule has 1 aliphatic rings. The summed E-state index contributed by atoms with van der Waals surface area (Å²) in [4.78, 5) is 21.3. The van der Waals surface area contributed by atoms with E-state index in [0.29, 0.717) is 5.69 Å². The van der Waals surface area contributed by atoms with Crippen LogP contribution < -0.4 is 0 Å². The number of aromatic nitrogens is 1. The van der Waals surface area contributed by atoms with Crippen LogP contribution in [-0.2, 0) is 0 Å². The lowest BCUT2D eigenvalue weighted by molar-refractivity contribution is 0.0659. The predicted octanol–water partition coefficient (Wildman–Crippen LogP) is 2.81. The van der Waals surface area contributed by atoms with Crippen molar-refractivity contribution in [2.45, 2.75) is 13.8 Å². The molecular formula is C17H21N3OS. The van der Waals surface area contributed by atoms with E-state index in [9.17, 15) is 4.79 Å². The molecule has 0 spiro atoms. The maximum atomic E-state index is 12.5. The van der Waals surface area contributed by atoms with Gasteiger partial charge in [0, 0.05) is 37.1 Å². The lowest BCUT2D eigenvalue weighted by atomic mass is 10.1. The highest BCUT2D eigenvalue weighted by Gasteiger charge is 2.22. The van der Waals surface area contributed by atoms with Gasteiger partial charge in [-0.15, -0.1) is 11.3 Å². The van der Waals surface area contributed by atoms with E-state index in [1.807, 2.05) is 10.3 Å². The normalized spacial score (nSPS) is 16.0. The molecule has 0 saturated carbocycles. The number of piperazine rings is 1. The van der Waals surface area contributed by atoms with Gasteiger partial charge in [0.05, 0.1) is 0 Å². The van der Waals surface area contributed by atoms with Gasteiger partial charge in [0.1, 0.15) is 10.7 Å². The second-order valence-electron chi connectivity index (χ2n) is 5.95. The summed E-state index contributed by atoms with van der Waals surface area (Å²) in [6.07, 6.45) is 0. The minimum atomic E-state index is 0.0559. The van der Waals surface area contributed by atoms with E-state index in [0.717, 1.165) is 36.8 Å². The number of carbonyl (C=O) groups excluding carboxylic acids is 1. The van der Waals surface area contributed by atoms with Gasteiger partial charge in [-0.05, 0) is 26.5 Å². The monoisotopic (exact) mass is 315 g/mol. The van der Waals surface area contributed by atoms with Gasteiger partial charge in [0.2, 0.25) is 0 Å². The fourth-order valence-corrected chi connectivity index (χ4v) is 3.60. The number of carbonyl (C=O) groups is 1. The lowest BCUT2D eigenvalue weighted by Gasteiger charge is -2.31. The summed E-state index contributed by atoms with van der Waals surface area (Å²) in [7, 11) is 2.09. The van der Waals surface area contributed by atoms with E-state index < -0.39 is 0 Å². The molecule has 3 rings (SSSR count). The number of nitrogens with zero attached hydrogens (tertiary/aromatic N) is 3. The first-order chi connectivity index (χ1) is 10.5. The summed E-state index contributed by atoms with van der Waals surface area (Å²) in [5.41, 5.74) is 4.14. The Morgan fingerprint density at radius 1 is 1.18 bits per heavy atom. The Kier molecular flexibility index (Phi) is 4.27. The van der Waals surface area contributed by atoms with Crippen LogP contribution in [0.3, 0.4) is 0 Å². The molecule has 0 radical (unpaired) electrons. The van der Waals surface area contributed by atoms with E-state index in [-0.39, 0.29) is 5.91 Å². The number of benzene rings is 1. The molecule has 1 aromatic heterocycles. The number of amides is 1. The van der Waals surface area contributed by atoms with Crippen molar-refractivity contribution in [3.8, 4) is 10.6 Å². The molecule has 0 N–H and O–H groups in total. The number of aryl methyl sites for hydroxylation is 2. The third-order valence-electron chi connectivity index (χ3n) is 4.13. The van der Waals surface area contributed by atoms with Gasteiger partial charge >= 0.3 is 0 Å². The molecule has 2 heterocycles. The second-order valence-corrected chi connectivity index (χ2v) is 6.81. The molecule has 0 atom stereocenters. The smallest absolute Gasteiger partial charge is 0.273 e. The highest BCUT2D eigenvalue weighted by Crippen LogP contribution is 2.28. The van der Waals surface area contributed by atoms with Crippen molar-refractivity contribution < 1.29 is 4.79 Å². The summed E-state index contributed by atoms with van der Waals surface area (Å²) < 4.78 is 0. The molecule has 1 saturated heterocycles. The zero-order chi connectivity index (χ0) is 15.7. The van der Waals surface area contributed by atoms with Crippen molar-refractivity contribution in [2.75, 3.05) is 33.2 Å². The van der Waals surface area contributed by atoms with Crippen LogP contribution in [0.25, 0.3) is 10.6 Å². The third kappa shape index (κ3) is 3.05. The van der Waals surface area contributed by atoms with Crippen LogP contribution in [0.15, 0.2) is 23.6 Å². The highest BCUT2D eigenvalue weighted by molar-refractivity contribution is 7.13.